The second-order valence-corrected chi connectivity index (χ2v) is 6.32. The first kappa shape index (κ1) is 14.1. The van der Waals surface area contributed by atoms with Gasteiger partial charge >= 0.3 is 0 Å². The van der Waals surface area contributed by atoms with Gasteiger partial charge in [0.15, 0.2) is 0 Å². The van der Waals surface area contributed by atoms with Gasteiger partial charge in [-0.25, -0.2) is 0 Å². The third kappa shape index (κ3) is 2.24. The Morgan fingerprint density at radius 3 is 2.78 bits per heavy atom. The molecule has 0 radical (unpaired) electrons. The van der Waals surface area contributed by atoms with E-state index in [4.69, 9.17) is 4.42 Å². The van der Waals surface area contributed by atoms with E-state index in [0.29, 0.717) is 16.6 Å². The van der Waals surface area contributed by atoms with Gasteiger partial charge in [-0.3, -0.25) is 4.79 Å². The van der Waals surface area contributed by atoms with E-state index in [1.54, 1.807) is 24.3 Å². The first-order chi connectivity index (χ1) is 11.1. The molecule has 3 nitrogen and oxygen atoms in total. The van der Waals surface area contributed by atoms with Crippen LogP contribution in [0.15, 0.2) is 57.3 Å². The minimum Gasteiger partial charge on any atom is -0.507 e. The van der Waals surface area contributed by atoms with Crippen LogP contribution in [0.25, 0.3) is 21.9 Å². The Balaban J connectivity index is 2.01. The van der Waals surface area contributed by atoms with Crippen molar-refractivity contribution in [1.82, 2.24) is 0 Å². The van der Waals surface area contributed by atoms with Crippen molar-refractivity contribution in [1.29, 1.82) is 0 Å². The lowest BCUT2D eigenvalue weighted by atomic mass is 9.85. The van der Waals surface area contributed by atoms with E-state index in [1.165, 1.54) is 5.57 Å². The highest BCUT2D eigenvalue weighted by atomic mass is 16.3. The molecule has 23 heavy (non-hydrogen) atoms. The maximum Gasteiger partial charge on any atom is 0.204 e. The second-order valence-electron chi connectivity index (χ2n) is 6.32. The minimum atomic E-state index is -0.169. The Hall–Kier alpha value is -2.55. The molecule has 2 aromatic carbocycles. The molecule has 0 saturated carbocycles. The fourth-order valence-corrected chi connectivity index (χ4v) is 3.55. The number of hydrogen-bond acceptors (Lipinski definition) is 3. The smallest absolute Gasteiger partial charge is 0.204 e. The average Bonchev–Trinajstić information content (AvgIpc) is 2.55. The number of fused-ring (bicyclic) bond motifs is 2. The van der Waals surface area contributed by atoms with Crippen LogP contribution in [0.2, 0.25) is 0 Å². The summed E-state index contributed by atoms with van der Waals surface area (Å²) in [6, 6.07) is 10.8. The predicted molar refractivity (Wildman–Crippen MR) is 92.0 cm³/mol. The van der Waals surface area contributed by atoms with Crippen molar-refractivity contribution in [2.75, 3.05) is 0 Å². The molecular weight excluding hydrogens is 288 g/mol. The van der Waals surface area contributed by atoms with Crippen molar-refractivity contribution < 1.29 is 9.52 Å². The molecule has 3 heteroatoms. The van der Waals surface area contributed by atoms with Crippen molar-refractivity contribution in [2.24, 2.45) is 0 Å². The number of para-hydroxylation sites is 1. The molecular formula is C20H18O3. The van der Waals surface area contributed by atoms with E-state index in [0.717, 1.165) is 24.8 Å². The highest BCUT2D eigenvalue weighted by Crippen LogP contribution is 2.38. The molecule has 0 aliphatic heterocycles. The summed E-state index contributed by atoms with van der Waals surface area (Å²) < 4.78 is 5.80. The van der Waals surface area contributed by atoms with Gasteiger partial charge in [0.25, 0.3) is 0 Å². The van der Waals surface area contributed by atoms with Gasteiger partial charge in [-0.15, -0.1) is 0 Å². The van der Waals surface area contributed by atoms with Crippen LogP contribution in [0, 0.1) is 0 Å². The molecule has 4 rings (SSSR count). The van der Waals surface area contributed by atoms with E-state index in [9.17, 15) is 9.90 Å². The normalized spacial score (nSPS) is 18.3. The lowest BCUT2D eigenvalue weighted by Crippen LogP contribution is -2.06. The molecule has 1 aliphatic carbocycles. The number of hydrogen-bond donors (Lipinski definition) is 1. The average molecular weight is 306 g/mol. The Bertz CT molecular complexity index is 995. The summed E-state index contributed by atoms with van der Waals surface area (Å²) in [5.74, 6) is 0.233. The molecule has 3 aromatic rings. The van der Waals surface area contributed by atoms with Crippen LogP contribution in [-0.4, -0.2) is 5.11 Å². The summed E-state index contributed by atoms with van der Waals surface area (Å²) in [6.45, 7) is 2.12. The van der Waals surface area contributed by atoms with E-state index >= 15 is 0 Å². The van der Waals surface area contributed by atoms with Gasteiger partial charge in [-0.1, -0.05) is 29.8 Å². The van der Waals surface area contributed by atoms with Crippen LogP contribution in [0.5, 0.6) is 5.75 Å². The lowest BCUT2D eigenvalue weighted by Gasteiger charge is -2.21. The molecule has 0 saturated heterocycles. The van der Waals surface area contributed by atoms with Gasteiger partial charge < -0.3 is 9.52 Å². The van der Waals surface area contributed by atoms with Crippen molar-refractivity contribution in [2.45, 2.75) is 32.1 Å². The highest BCUT2D eigenvalue weighted by molar-refractivity contribution is 5.93. The zero-order valence-electron chi connectivity index (χ0n) is 13.0. The monoisotopic (exact) mass is 306 g/mol. The number of allylic oxidation sites excluding steroid dienone is 2. The summed E-state index contributed by atoms with van der Waals surface area (Å²) in [5, 5.41) is 11.5. The van der Waals surface area contributed by atoms with Crippen LogP contribution < -0.4 is 5.43 Å². The quantitative estimate of drug-likeness (QED) is 0.515. The van der Waals surface area contributed by atoms with Gasteiger partial charge in [0.1, 0.15) is 22.3 Å². The molecule has 0 fully saturated rings. The van der Waals surface area contributed by atoms with Gasteiger partial charge in [0, 0.05) is 11.5 Å². The molecule has 1 aromatic heterocycles. The van der Waals surface area contributed by atoms with Crippen LogP contribution in [0.3, 0.4) is 0 Å². The number of aromatic hydroxyl groups is 1. The third-order valence-electron chi connectivity index (χ3n) is 4.72. The van der Waals surface area contributed by atoms with Crippen LogP contribution in [-0.2, 0) is 0 Å². The number of phenols is 1. The molecule has 1 unspecified atom stereocenters. The minimum absolute atomic E-state index is 0.0675. The molecule has 1 N–H and O–H groups in total. The van der Waals surface area contributed by atoms with Crippen LogP contribution in [0.4, 0.5) is 0 Å². The first-order valence-electron chi connectivity index (χ1n) is 8.00. The number of rotatable bonds is 1. The summed E-state index contributed by atoms with van der Waals surface area (Å²) in [6.07, 6.45) is 5.41. The highest BCUT2D eigenvalue weighted by Gasteiger charge is 2.21. The number of phenolic OH excluding ortho intramolecular Hbond substituents is 1. The van der Waals surface area contributed by atoms with Crippen molar-refractivity contribution >= 4 is 21.9 Å². The lowest BCUT2D eigenvalue weighted by molar-refractivity contribution is 0.466. The van der Waals surface area contributed by atoms with Gasteiger partial charge in [0.05, 0.1) is 5.39 Å². The van der Waals surface area contributed by atoms with E-state index in [2.05, 4.69) is 13.0 Å². The van der Waals surface area contributed by atoms with E-state index < -0.39 is 0 Å². The Morgan fingerprint density at radius 2 is 1.96 bits per heavy atom. The van der Waals surface area contributed by atoms with Crippen LogP contribution >= 0.6 is 0 Å². The van der Waals surface area contributed by atoms with Gasteiger partial charge in [-0.05, 0) is 44.4 Å². The summed E-state index contributed by atoms with van der Waals surface area (Å²) in [5.41, 5.74) is 2.97. The van der Waals surface area contributed by atoms with E-state index in [-0.39, 0.29) is 22.5 Å². The zero-order valence-corrected chi connectivity index (χ0v) is 13.0. The fourth-order valence-electron chi connectivity index (χ4n) is 3.55. The van der Waals surface area contributed by atoms with Gasteiger partial charge in [0.2, 0.25) is 5.43 Å². The van der Waals surface area contributed by atoms with Crippen LogP contribution in [0.1, 0.15) is 37.7 Å². The molecule has 0 bridgehead atoms. The summed E-state index contributed by atoms with van der Waals surface area (Å²) in [7, 11) is 0. The van der Waals surface area contributed by atoms with E-state index in [1.807, 2.05) is 12.1 Å². The van der Waals surface area contributed by atoms with Gasteiger partial charge in [-0.2, -0.15) is 0 Å². The molecule has 0 amide bonds. The largest absolute Gasteiger partial charge is 0.507 e. The standard InChI is InChI=1S/C20H18O3/c1-12-5-4-6-13(11-12)14-9-10-17-18(19(14)21)20(22)15-7-2-3-8-16(15)23-17/h2-3,7-11,13,21H,4-6H2,1H3. The Morgan fingerprint density at radius 1 is 1.13 bits per heavy atom. The maximum atomic E-state index is 12.8. The molecule has 1 aliphatic rings. The molecule has 0 spiro atoms. The molecule has 1 heterocycles. The molecule has 1 atom stereocenters. The number of benzene rings is 2. The SMILES string of the molecule is CC1=CC(c2ccc3oc4ccccc4c(=O)c3c2O)CCC1. The molecule has 116 valence electrons. The zero-order chi connectivity index (χ0) is 16.0. The summed E-state index contributed by atoms with van der Waals surface area (Å²) >= 11 is 0. The van der Waals surface area contributed by atoms with Crippen molar-refractivity contribution in [3.8, 4) is 5.75 Å². The van der Waals surface area contributed by atoms with Crippen molar-refractivity contribution in [3.63, 3.8) is 0 Å². The Kier molecular flexibility index (Phi) is 3.22. The predicted octanol–water partition coefficient (Wildman–Crippen LogP) is 4.87. The maximum absolute atomic E-state index is 12.8. The second kappa shape index (κ2) is 5.27. The summed E-state index contributed by atoms with van der Waals surface area (Å²) in [4.78, 5) is 12.8. The topological polar surface area (TPSA) is 50.4 Å². The fraction of sp³-hybridized carbons (Fsp3) is 0.250. The van der Waals surface area contributed by atoms with Crippen molar-refractivity contribution in [3.05, 3.63) is 63.8 Å². The third-order valence-corrected chi connectivity index (χ3v) is 4.72. The first-order valence-corrected chi connectivity index (χ1v) is 8.00. The Labute approximate surface area is 133 Å².